The average molecular weight is 295 g/mol. The van der Waals surface area contributed by atoms with E-state index in [9.17, 15) is 19.7 Å². The fourth-order valence-corrected chi connectivity index (χ4v) is 1.60. The summed E-state index contributed by atoms with van der Waals surface area (Å²) in [7, 11) is 0. The van der Waals surface area contributed by atoms with Crippen LogP contribution in [0.4, 0.5) is 10.5 Å². The number of rotatable bonds is 7. The van der Waals surface area contributed by atoms with Gasteiger partial charge in [0.05, 0.1) is 17.4 Å². The molecule has 0 spiro atoms. The van der Waals surface area contributed by atoms with Crippen molar-refractivity contribution in [1.29, 1.82) is 0 Å². The van der Waals surface area contributed by atoms with Gasteiger partial charge in [-0.15, -0.1) is 0 Å². The predicted molar refractivity (Wildman–Crippen MR) is 74.8 cm³/mol. The summed E-state index contributed by atoms with van der Waals surface area (Å²) < 4.78 is 0. The molecule has 1 unspecified atom stereocenters. The second-order valence-corrected chi connectivity index (χ2v) is 4.52. The molecule has 2 amide bonds. The third kappa shape index (κ3) is 5.47. The Hall–Kier alpha value is -2.64. The fourth-order valence-electron chi connectivity index (χ4n) is 1.60. The number of amides is 2. The number of carboxylic acids is 1. The normalized spacial score (nSPS) is 11.5. The van der Waals surface area contributed by atoms with Gasteiger partial charge in [-0.2, -0.15) is 0 Å². The second kappa shape index (κ2) is 7.83. The summed E-state index contributed by atoms with van der Waals surface area (Å²) in [6.45, 7) is 1.79. The molecule has 0 heterocycles. The van der Waals surface area contributed by atoms with Crippen molar-refractivity contribution in [1.82, 2.24) is 10.6 Å². The molecular weight excluding hydrogens is 278 g/mol. The van der Waals surface area contributed by atoms with E-state index in [0.29, 0.717) is 12.0 Å². The van der Waals surface area contributed by atoms with Gasteiger partial charge in [0.2, 0.25) is 0 Å². The van der Waals surface area contributed by atoms with Crippen LogP contribution >= 0.6 is 0 Å². The first-order valence-corrected chi connectivity index (χ1v) is 6.38. The van der Waals surface area contributed by atoms with Gasteiger partial charge >= 0.3 is 12.0 Å². The van der Waals surface area contributed by atoms with E-state index in [1.54, 1.807) is 25.1 Å². The predicted octanol–water partition coefficient (Wildman–Crippen LogP) is 1.50. The number of carbonyl (C=O) groups excluding carboxylic acids is 1. The van der Waals surface area contributed by atoms with E-state index in [4.69, 9.17) is 5.11 Å². The van der Waals surface area contributed by atoms with E-state index in [0.717, 1.165) is 0 Å². The largest absolute Gasteiger partial charge is 0.481 e. The van der Waals surface area contributed by atoms with Crippen LogP contribution in [0.3, 0.4) is 0 Å². The van der Waals surface area contributed by atoms with Gasteiger partial charge in [-0.3, -0.25) is 14.9 Å². The summed E-state index contributed by atoms with van der Waals surface area (Å²) in [4.78, 5) is 32.4. The van der Waals surface area contributed by atoms with E-state index in [1.807, 2.05) is 0 Å². The Balaban J connectivity index is 2.40. The van der Waals surface area contributed by atoms with E-state index >= 15 is 0 Å². The number of aliphatic carboxylic acids is 1. The van der Waals surface area contributed by atoms with Crippen LogP contribution in [0.1, 0.15) is 18.9 Å². The number of benzene rings is 1. The van der Waals surface area contributed by atoms with Gasteiger partial charge in [0, 0.05) is 18.2 Å². The summed E-state index contributed by atoms with van der Waals surface area (Å²) in [5.41, 5.74) is 0.342. The van der Waals surface area contributed by atoms with Crippen LogP contribution in [0.15, 0.2) is 24.3 Å². The van der Waals surface area contributed by atoms with Crippen LogP contribution in [-0.2, 0) is 11.3 Å². The highest BCUT2D eigenvalue weighted by Crippen LogP contribution is 2.16. The maximum atomic E-state index is 11.5. The van der Waals surface area contributed by atoms with Crippen LogP contribution in [0.5, 0.6) is 0 Å². The molecule has 1 aromatic rings. The van der Waals surface area contributed by atoms with E-state index in [1.165, 1.54) is 6.07 Å². The van der Waals surface area contributed by atoms with Crippen LogP contribution in [0, 0.1) is 16.0 Å². The number of carbonyl (C=O) groups is 2. The van der Waals surface area contributed by atoms with Crippen LogP contribution in [0.2, 0.25) is 0 Å². The minimum absolute atomic E-state index is 0.0253. The zero-order chi connectivity index (χ0) is 15.8. The zero-order valence-electron chi connectivity index (χ0n) is 11.5. The van der Waals surface area contributed by atoms with Gasteiger partial charge in [-0.05, 0) is 6.42 Å². The zero-order valence-corrected chi connectivity index (χ0v) is 11.5. The third-order valence-electron chi connectivity index (χ3n) is 2.91. The van der Waals surface area contributed by atoms with Gasteiger partial charge in [0.15, 0.2) is 0 Å². The monoisotopic (exact) mass is 295 g/mol. The van der Waals surface area contributed by atoms with Crippen molar-refractivity contribution in [3.8, 4) is 0 Å². The lowest BCUT2D eigenvalue weighted by Crippen LogP contribution is -2.36. The lowest BCUT2D eigenvalue weighted by atomic mass is 10.1. The van der Waals surface area contributed by atoms with Gasteiger partial charge in [-0.25, -0.2) is 4.79 Å². The van der Waals surface area contributed by atoms with Gasteiger partial charge in [0.25, 0.3) is 5.69 Å². The standard InChI is InChI=1S/C13H17N3O5/c1-9(12(17)18)6-7-14-13(19)15-8-10-4-2-3-5-11(10)16(20)21/h2-5,9H,6-8H2,1H3,(H,17,18)(H2,14,15,19). The molecule has 0 saturated heterocycles. The van der Waals surface area contributed by atoms with Gasteiger partial charge in [-0.1, -0.05) is 25.1 Å². The topological polar surface area (TPSA) is 122 Å². The molecule has 3 N–H and O–H groups in total. The Kier molecular flexibility index (Phi) is 6.12. The fraction of sp³-hybridized carbons (Fsp3) is 0.385. The summed E-state index contributed by atoms with van der Waals surface area (Å²) in [5, 5.41) is 24.5. The first kappa shape index (κ1) is 16.4. The van der Waals surface area contributed by atoms with Crippen molar-refractivity contribution in [3.05, 3.63) is 39.9 Å². The first-order valence-electron chi connectivity index (χ1n) is 6.38. The highest BCUT2D eigenvalue weighted by Gasteiger charge is 2.13. The minimum atomic E-state index is -0.919. The SMILES string of the molecule is CC(CCNC(=O)NCc1ccccc1[N+](=O)[O-])C(=O)O. The van der Waals surface area contributed by atoms with Crippen molar-refractivity contribution in [3.63, 3.8) is 0 Å². The van der Waals surface area contributed by atoms with Crippen molar-refractivity contribution in [2.24, 2.45) is 5.92 Å². The number of nitro groups is 1. The lowest BCUT2D eigenvalue weighted by molar-refractivity contribution is -0.385. The minimum Gasteiger partial charge on any atom is -0.481 e. The molecule has 0 aromatic heterocycles. The molecule has 0 radical (unpaired) electrons. The van der Waals surface area contributed by atoms with Crippen LogP contribution in [-0.4, -0.2) is 28.6 Å². The molecular formula is C13H17N3O5. The van der Waals surface area contributed by atoms with Gasteiger partial charge < -0.3 is 15.7 Å². The van der Waals surface area contributed by atoms with E-state index in [2.05, 4.69) is 10.6 Å². The highest BCUT2D eigenvalue weighted by atomic mass is 16.6. The first-order chi connectivity index (χ1) is 9.91. The smallest absolute Gasteiger partial charge is 0.315 e. The number of nitrogens with one attached hydrogen (secondary N) is 2. The maximum absolute atomic E-state index is 11.5. The Morgan fingerprint density at radius 2 is 2.00 bits per heavy atom. The van der Waals surface area contributed by atoms with Crippen molar-refractivity contribution < 1.29 is 19.6 Å². The van der Waals surface area contributed by atoms with E-state index in [-0.39, 0.29) is 18.8 Å². The quantitative estimate of drug-likeness (QED) is 0.520. The Morgan fingerprint density at radius 3 is 2.62 bits per heavy atom. The lowest BCUT2D eigenvalue weighted by Gasteiger charge is -2.09. The maximum Gasteiger partial charge on any atom is 0.315 e. The summed E-state index contributed by atoms with van der Waals surface area (Å²) in [6, 6.07) is 5.63. The number of nitro benzene ring substituents is 1. The highest BCUT2D eigenvalue weighted by molar-refractivity contribution is 5.74. The third-order valence-corrected chi connectivity index (χ3v) is 2.91. The molecule has 21 heavy (non-hydrogen) atoms. The molecule has 8 heteroatoms. The molecule has 114 valence electrons. The summed E-state index contributed by atoms with van der Waals surface area (Å²) >= 11 is 0. The molecule has 0 fully saturated rings. The number of hydrogen-bond acceptors (Lipinski definition) is 4. The van der Waals surface area contributed by atoms with E-state index < -0.39 is 22.8 Å². The van der Waals surface area contributed by atoms with Crippen LogP contribution < -0.4 is 10.6 Å². The Labute approximate surface area is 121 Å². The molecule has 1 rings (SSSR count). The van der Waals surface area contributed by atoms with Crippen LogP contribution in [0.25, 0.3) is 0 Å². The number of carboxylic acid groups (broad SMARTS) is 1. The molecule has 0 bridgehead atoms. The molecule has 8 nitrogen and oxygen atoms in total. The Bertz CT molecular complexity index is 532. The Morgan fingerprint density at radius 1 is 1.33 bits per heavy atom. The molecule has 1 aromatic carbocycles. The average Bonchev–Trinajstić information content (AvgIpc) is 2.45. The van der Waals surface area contributed by atoms with Crippen molar-refractivity contribution >= 4 is 17.7 Å². The van der Waals surface area contributed by atoms with Crippen molar-refractivity contribution in [2.45, 2.75) is 19.9 Å². The molecule has 0 aliphatic carbocycles. The number of para-hydroxylation sites is 1. The summed E-state index contributed by atoms with van der Waals surface area (Å²) in [6.07, 6.45) is 0.314. The van der Waals surface area contributed by atoms with Crippen molar-refractivity contribution in [2.75, 3.05) is 6.54 Å². The molecule has 1 atom stereocenters. The van der Waals surface area contributed by atoms with Gasteiger partial charge in [0.1, 0.15) is 0 Å². The number of urea groups is 1. The summed E-state index contributed by atoms with van der Waals surface area (Å²) in [5.74, 6) is -1.46. The molecule has 0 aliphatic heterocycles. The second-order valence-electron chi connectivity index (χ2n) is 4.52. The molecule has 0 aliphatic rings. The molecule has 0 saturated carbocycles. The number of nitrogens with zero attached hydrogens (tertiary/aromatic N) is 1. The number of hydrogen-bond donors (Lipinski definition) is 3.